The van der Waals surface area contributed by atoms with E-state index in [0.717, 1.165) is 5.82 Å². The van der Waals surface area contributed by atoms with Gasteiger partial charge in [0.1, 0.15) is 23.3 Å². The number of hydrogen-bond acceptors (Lipinski definition) is 7. The summed E-state index contributed by atoms with van der Waals surface area (Å²) in [6, 6.07) is 14.4. The van der Waals surface area contributed by atoms with Gasteiger partial charge in [-0.15, -0.1) is 0 Å². The van der Waals surface area contributed by atoms with E-state index in [-0.39, 0.29) is 5.75 Å². The fourth-order valence-electron chi connectivity index (χ4n) is 3.47. The largest absolute Gasteiger partial charge is 0.354 e. The monoisotopic (exact) mass is 458 g/mol. The lowest BCUT2D eigenvalue weighted by Crippen LogP contribution is -2.49. The highest BCUT2D eigenvalue weighted by atomic mass is 35.5. The fraction of sp³-hybridized carbons (Fsp3) is 0.286. The Kier molecular flexibility index (Phi) is 6.35. The second-order valence-electron chi connectivity index (χ2n) is 7.27. The van der Waals surface area contributed by atoms with E-state index in [1.165, 1.54) is 4.31 Å². The van der Waals surface area contributed by atoms with Crippen LogP contribution in [0.15, 0.2) is 54.7 Å². The van der Waals surface area contributed by atoms with Crippen molar-refractivity contribution in [3.05, 3.63) is 71.1 Å². The van der Waals surface area contributed by atoms with Crippen LogP contribution in [0.4, 0.5) is 17.5 Å². The quantitative estimate of drug-likeness (QED) is 0.606. The van der Waals surface area contributed by atoms with Gasteiger partial charge in [-0.1, -0.05) is 29.8 Å². The lowest BCUT2D eigenvalue weighted by molar-refractivity contribution is 0.383. The van der Waals surface area contributed by atoms with Gasteiger partial charge in [-0.2, -0.15) is 4.31 Å². The molecule has 3 heterocycles. The van der Waals surface area contributed by atoms with Crippen LogP contribution in [0, 0.1) is 6.92 Å². The maximum Gasteiger partial charge on any atom is 0.218 e. The van der Waals surface area contributed by atoms with Crippen molar-refractivity contribution in [3.8, 4) is 0 Å². The van der Waals surface area contributed by atoms with E-state index in [2.05, 4.69) is 25.2 Å². The third-order valence-corrected chi connectivity index (χ3v) is 7.02. The zero-order valence-corrected chi connectivity index (χ0v) is 18.6. The number of nitrogens with one attached hydrogen (secondary N) is 1. The molecule has 0 saturated carbocycles. The number of piperazine rings is 1. The third kappa shape index (κ3) is 5.49. The average molecular weight is 459 g/mol. The summed E-state index contributed by atoms with van der Waals surface area (Å²) in [7, 11) is -3.42. The first-order valence-electron chi connectivity index (χ1n) is 9.90. The van der Waals surface area contributed by atoms with Gasteiger partial charge in [0.25, 0.3) is 0 Å². The molecule has 1 fully saturated rings. The Bertz CT molecular complexity index is 1150. The van der Waals surface area contributed by atoms with Gasteiger partial charge in [0, 0.05) is 43.5 Å². The molecule has 1 aromatic carbocycles. The number of hydrogen-bond donors (Lipinski definition) is 1. The van der Waals surface area contributed by atoms with Gasteiger partial charge < -0.3 is 10.2 Å². The molecule has 0 radical (unpaired) electrons. The molecule has 1 saturated heterocycles. The molecule has 31 heavy (non-hydrogen) atoms. The van der Waals surface area contributed by atoms with Crippen molar-refractivity contribution in [1.29, 1.82) is 0 Å². The highest BCUT2D eigenvalue weighted by Crippen LogP contribution is 2.22. The Balaban J connectivity index is 1.42. The number of aromatic nitrogens is 3. The van der Waals surface area contributed by atoms with E-state index in [9.17, 15) is 8.42 Å². The number of benzene rings is 1. The summed E-state index contributed by atoms with van der Waals surface area (Å²) in [5.74, 6) is 2.68. The Morgan fingerprint density at radius 1 is 1.00 bits per heavy atom. The molecule has 0 spiro atoms. The van der Waals surface area contributed by atoms with Crippen LogP contribution in [-0.4, -0.2) is 53.9 Å². The van der Waals surface area contributed by atoms with Gasteiger partial charge in [-0.05, 0) is 36.8 Å². The Hall–Kier alpha value is -2.75. The van der Waals surface area contributed by atoms with Crippen LogP contribution in [-0.2, 0) is 15.8 Å². The molecule has 0 amide bonds. The van der Waals surface area contributed by atoms with E-state index < -0.39 is 10.0 Å². The molecule has 1 N–H and O–H groups in total. The zero-order valence-electron chi connectivity index (χ0n) is 17.1. The van der Waals surface area contributed by atoms with Crippen LogP contribution in [0.25, 0.3) is 0 Å². The molecular formula is C21H23ClN6O2S. The summed E-state index contributed by atoms with van der Waals surface area (Å²) >= 11 is 5.99. The molecule has 3 aromatic rings. The minimum absolute atomic E-state index is 0.0572. The van der Waals surface area contributed by atoms with E-state index in [1.807, 2.05) is 31.2 Å². The van der Waals surface area contributed by atoms with Crippen molar-refractivity contribution in [2.24, 2.45) is 0 Å². The highest BCUT2D eigenvalue weighted by Gasteiger charge is 2.28. The predicted octanol–water partition coefficient (Wildman–Crippen LogP) is 3.23. The maximum absolute atomic E-state index is 12.8. The first-order valence-corrected chi connectivity index (χ1v) is 11.9. The zero-order chi connectivity index (χ0) is 21.8. The van der Waals surface area contributed by atoms with E-state index in [1.54, 1.807) is 30.5 Å². The van der Waals surface area contributed by atoms with Crippen LogP contribution < -0.4 is 10.2 Å². The van der Waals surface area contributed by atoms with Crippen LogP contribution in [0.5, 0.6) is 0 Å². The molecule has 1 aliphatic rings. The van der Waals surface area contributed by atoms with Gasteiger partial charge in [0.2, 0.25) is 10.0 Å². The predicted molar refractivity (Wildman–Crippen MR) is 122 cm³/mol. The number of pyridine rings is 1. The average Bonchev–Trinajstić information content (AvgIpc) is 2.74. The van der Waals surface area contributed by atoms with Gasteiger partial charge in [-0.25, -0.2) is 23.4 Å². The van der Waals surface area contributed by atoms with Crippen LogP contribution in [0.1, 0.15) is 11.4 Å². The summed E-state index contributed by atoms with van der Waals surface area (Å²) in [4.78, 5) is 15.3. The molecule has 0 bridgehead atoms. The summed E-state index contributed by atoms with van der Waals surface area (Å²) in [6.07, 6.45) is 1.71. The van der Waals surface area contributed by atoms with Crippen LogP contribution >= 0.6 is 11.6 Å². The smallest absolute Gasteiger partial charge is 0.218 e. The lowest BCUT2D eigenvalue weighted by atomic mass is 10.2. The summed E-state index contributed by atoms with van der Waals surface area (Å²) in [6.45, 7) is 3.73. The summed E-state index contributed by atoms with van der Waals surface area (Å²) in [5, 5.41) is 3.72. The second-order valence-corrected chi connectivity index (χ2v) is 9.68. The summed E-state index contributed by atoms with van der Waals surface area (Å²) < 4.78 is 27.2. The fourth-order valence-corrected chi connectivity index (χ4v) is 5.19. The number of sulfonamides is 1. The molecule has 10 heteroatoms. The minimum atomic E-state index is -3.42. The van der Waals surface area contributed by atoms with Crippen molar-refractivity contribution in [2.45, 2.75) is 12.7 Å². The molecule has 2 aromatic heterocycles. The molecule has 0 atom stereocenters. The normalized spacial score (nSPS) is 15.1. The molecule has 0 unspecified atom stereocenters. The van der Waals surface area contributed by atoms with Crippen molar-refractivity contribution < 1.29 is 8.42 Å². The highest BCUT2D eigenvalue weighted by molar-refractivity contribution is 7.88. The number of nitrogens with zero attached hydrogens (tertiary/aromatic N) is 5. The second kappa shape index (κ2) is 9.17. The van der Waals surface area contributed by atoms with Gasteiger partial charge in [0.15, 0.2) is 0 Å². The Labute approximate surface area is 187 Å². The first kappa shape index (κ1) is 21.5. The van der Waals surface area contributed by atoms with E-state index in [4.69, 9.17) is 11.6 Å². The van der Waals surface area contributed by atoms with Gasteiger partial charge >= 0.3 is 0 Å². The Morgan fingerprint density at radius 3 is 2.52 bits per heavy atom. The maximum atomic E-state index is 12.8. The Morgan fingerprint density at radius 2 is 1.81 bits per heavy atom. The molecular weight excluding hydrogens is 436 g/mol. The standard InChI is InChI=1S/C21H23ClN6O2S/c1-16-24-20(26-19-7-2-3-8-23-19)14-21(25-16)27-9-11-28(12-10-27)31(29,30)15-17-5-4-6-18(22)13-17/h2-8,13-14H,9-12,15H2,1H3,(H,23,24,25,26). The first-order chi connectivity index (χ1) is 14.9. The van der Waals surface area contributed by atoms with Crippen molar-refractivity contribution in [3.63, 3.8) is 0 Å². The van der Waals surface area contributed by atoms with Crippen molar-refractivity contribution in [2.75, 3.05) is 36.4 Å². The third-order valence-electron chi connectivity index (χ3n) is 4.94. The van der Waals surface area contributed by atoms with E-state index >= 15 is 0 Å². The minimum Gasteiger partial charge on any atom is -0.354 e. The molecule has 0 aliphatic carbocycles. The van der Waals surface area contributed by atoms with Gasteiger partial charge in [-0.3, -0.25) is 0 Å². The van der Waals surface area contributed by atoms with Crippen LogP contribution in [0.2, 0.25) is 5.02 Å². The molecule has 162 valence electrons. The number of aryl methyl sites for hydroxylation is 1. The number of halogens is 1. The van der Waals surface area contributed by atoms with Crippen molar-refractivity contribution >= 4 is 39.1 Å². The SMILES string of the molecule is Cc1nc(Nc2ccccn2)cc(N2CCN(S(=O)(=O)Cc3cccc(Cl)c3)CC2)n1. The number of anilines is 3. The molecule has 4 rings (SSSR count). The molecule has 1 aliphatic heterocycles. The molecule has 8 nitrogen and oxygen atoms in total. The lowest BCUT2D eigenvalue weighted by Gasteiger charge is -2.34. The summed E-state index contributed by atoms with van der Waals surface area (Å²) in [5.41, 5.74) is 0.687. The number of rotatable bonds is 6. The van der Waals surface area contributed by atoms with E-state index in [0.29, 0.717) is 54.2 Å². The topological polar surface area (TPSA) is 91.3 Å². The van der Waals surface area contributed by atoms with Crippen molar-refractivity contribution in [1.82, 2.24) is 19.3 Å². The van der Waals surface area contributed by atoms with Crippen LogP contribution in [0.3, 0.4) is 0 Å². The van der Waals surface area contributed by atoms with Gasteiger partial charge in [0.05, 0.1) is 5.75 Å².